The summed E-state index contributed by atoms with van der Waals surface area (Å²) in [6.07, 6.45) is 4.15. The van der Waals surface area contributed by atoms with Gasteiger partial charge in [0.05, 0.1) is 11.6 Å². The zero-order valence-electron chi connectivity index (χ0n) is 11.2. The average molecular weight is 268 g/mol. The highest BCUT2D eigenvalue weighted by Gasteiger charge is 2.33. The highest BCUT2D eigenvalue weighted by atomic mass is 16.4. The van der Waals surface area contributed by atoms with Crippen molar-refractivity contribution in [3.05, 3.63) is 41.0 Å². The van der Waals surface area contributed by atoms with E-state index < -0.39 is 5.97 Å². The van der Waals surface area contributed by atoms with Crippen molar-refractivity contribution in [2.24, 2.45) is 0 Å². The number of aliphatic carboxylic acids is 1. The summed E-state index contributed by atoms with van der Waals surface area (Å²) in [5.74, 6) is -1.16. The molecule has 2 aliphatic heterocycles. The van der Waals surface area contributed by atoms with E-state index in [4.69, 9.17) is 5.26 Å². The number of hydrogen-bond donors (Lipinski definition) is 1. The van der Waals surface area contributed by atoms with E-state index in [1.807, 2.05) is 18.2 Å². The van der Waals surface area contributed by atoms with E-state index in [1.165, 1.54) is 17.3 Å². The van der Waals surface area contributed by atoms with Crippen LogP contribution in [0.1, 0.15) is 29.9 Å². The number of nitriles is 1. The molecule has 102 valence electrons. The molecule has 1 unspecified atom stereocenters. The molecule has 2 heterocycles. The highest BCUT2D eigenvalue weighted by molar-refractivity contribution is 5.90. The fourth-order valence-electron chi connectivity index (χ4n) is 3.42. The molecule has 0 bridgehead atoms. The third-order valence-electron chi connectivity index (χ3n) is 4.25. The fourth-order valence-corrected chi connectivity index (χ4v) is 3.42. The van der Waals surface area contributed by atoms with Crippen LogP contribution in [0.4, 0.5) is 5.69 Å². The van der Waals surface area contributed by atoms with E-state index >= 15 is 0 Å². The zero-order valence-corrected chi connectivity index (χ0v) is 11.2. The number of rotatable bonds is 2. The van der Waals surface area contributed by atoms with Crippen molar-refractivity contribution in [3.8, 4) is 6.07 Å². The van der Waals surface area contributed by atoms with Crippen LogP contribution in [-0.4, -0.2) is 24.2 Å². The van der Waals surface area contributed by atoms with Crippen LogP contribution in [0, 0.1) is 11.3 Å². The molecule has 0 fully saturated rings. The predicted octanol–water partition coefficient (Wildman–Crippen LogP) is 2.46. The summed E-state index contributed by atoms with van der Waals surface area (Å²) in [6, 6.07) is 8.01. The highest BCUT2D eigenvalue weighted by Crippen LogP contribution is 2.43. The van der Waals surface area contributed by atoms with Gasteiger partial charge in [0.25, 0.3) is 0 Å². The van der Waals surface area contributed by atoms with Gasteiger partial charge in [-0.3, -0.25) is 0 Å². The smallest absolute Gasteiger partial charge is 0.332 e. The van der Waals surface area contributed by atoms with Gasteiger partial charge in [0.1, 0.15) is 0 Å². The molecule has 4 nitrogen and oxygen atoms in total. The summed E-state index contributed by atoms with van der Waals surface area (Å²) < 4.78 is 0. The Morgan fingerprint density at radius 2 is 2.30 bits per heavy atom. The van der Waals surface area contributed by atoms with Crippen LogP contribution in [0.15, 0.2) is 29.8 Å². The Kier molecular flexibility index (Phi) is 3.19. The molecule has 1 aromatic rings. The first-order valence-corrected chi connectivity index (χ1v) is 6.92. The van der Waals surface area contributed by atoms with Gasteiger partial charge in [-0.1, -0.05) is 18.2 Å². The maximum Gasteiger partial charge on any atom is 0.332 e. The normalized spacial score (nSPS) is 21.1. The molecule has 1 aromatic carbocycles. The van der Waals surface area contributed by atoms with E-state index in [0.29, 0.717) is 0 Å². The van der Waals surface area contributed by atoms with Crippen molar-refractivity contribution in [2.75, 3.05) is 18.0 Å². The summed E-state index contributed by atoms with van der Waals surface area (Å²) in [6.45, 7) is 1.91. The third-order valence-corrected chi connectivity index (χ3v) is 4.25. The van der Waals surface area contributed by atoms with Crippen LogP contribution in [0.25, 0.3) is 0 Å². The SMILES string of the molecule is N#C/C=C(\C(=O)O)C1CCN2CCCc3cccc1c32. The Morgan fingerprint density at radius 3 is 3.05 bits per heavy atom. The van der Waals surface area contributed by atoms with Crippen LogP contribution in [0.3, 0.4) is 0 Å². The minimum Gasteiger partial charge on any atom is -0.478 e. The van der Waals surface area contributed by atoms with Crippen LogP contribution < -0.4 is 4.90 Å². The quantitative estimate of drug-likeness (QED) is 0.661. The summed E-state index contributed by atoms with van der Waals surface area (Å²) >= 11 is 0. The van der Waals surface area contributed by atoms with Crippen LogP contribution in [0.5, 0.6) is 0 Å². The largest absolute Gasteiger partial charge is 0.478 e. The molecule has 20 heavy (non-hydrogen) atoms. The van der Waals surface area contributed by atoms with Crippen molar-refractivity contribution in [1.82, 2.24) is 0 Å². The van der Waals surface area contributed by atoms with Crippen molar-refractivity contribution in [3.63, 3.8) is 0 Å². The van der Waals surface area contributed by atoms with Gasteiger partial charge in [-0.05, 0) is 30.4 Å². The molecule has 1 atom stereocenters. The Hall–Kier alpha value is -2.28. The first-order chi connectivity index (χ1) is 9.72. The summed E-state index contributed by atoms with van der Waals surface area (Å²) in [7, 11) is 0. The van der Waals surface area contributed by atoms with Crippen molar-refractivity contribution < 1.29 is 9.90 Å². The maximum absolute atomic E-state index is 11.4. The Morgan fingerprint density at radius 1 is 1.45 bits per heavy atom. The van der Waals surface area contributed by atoms with Crippen LogP contribution >= 0.6 is 0 Å². The number of aryl methyl sites for hydroxylation is 1. The number of nitrogens with zero attached hydrogens (tertiary/aromatic N) is 2. The molecular formula is C16H16N2O2. The minimum atomic E-state index is -0.988. The predicted molar refractivity (Wildman–Crippen MR) is 75.7 cm³/mol. The molecule has 0 aromatic heterocycles. The monoisotopic (exact) mass is 268 g/mol. The number of allylic oxidation sites excluding steroid dienone is 1. The lowest BCUT2D eigenvalue weighted by Crippen LogP contribution is -2.36. The second kappa shape index (κ2) is 5.01. The number of carboxylic acids is 1. The van der Waals surface area contributed by atoms with Crippen LogP contribution in [-0.2, 0) is 11.2 Å². The molecule has 0 radical (unpaired) electrons. The lowest BCUT2D eigenvalue weighted by atomic mass is 9.81. The van der Waals surface area contributed by atoms with Gasteiger partial charge < -0.3 is 10.0 Å². The minimum absolute atomic E-state index is 0.170. The Labute approximate surface area is 117 Å². The van der Waals surface area contributed by atoms with Gasteiger partial charge in [0.15, 0.2) is 0 Å². The van der Waals surface area contributed by atoms with Gasteiger partial charge >= 0.3 is 5.97 Å². The molecule has 2 aliphatic rings. The average Bonchev–Trinajstić information content (AvgIpc) is 2.46. The Bertz CT molecular complexity index is 628. The first kappa shape index (κ1) is 12.7. The second-order valence-corrected chi connectivity index (χ2v) is 5.32. The molecular weight excluding hydrogens is 252 g/mol. The standard InChI is InChI=1S/C16H16N2O2/c17-8-6-14(16(19)20)12-7-10-18-9-2-4-11-3-1-5-13(12)15(11)18/h1,3,5-6,12H,2,4,7,9-10H2,(H,19,20)/b14-6-. The molecule has 0 saturated heterocycles. The van der Waals surface area contributed by atoms with Crippen molar-refractivity contribution in [1.29, 1.82) is 5.26 Å². The number of carbonyl (C=O) groups is 1. The number of benzene rings is 1. The molecule has 0 amide bonds. The fraction of sp³-hybridized carbons (Fsp3) is 0.375. The molecule has 1 N–H and O–H groups in total. The second-order valence-electron chi connectivity index (χ2n) is 5.32. The number of anilines is 1. The van der Waals surface area contributed by atoms with E-state index in [2.05, 4.69) is 11.0 Å². The summed E-state index contributed by atoms with van der Waals surface area (Å²) in [5, 5.41) is 18.2. The van der Waals surface area contributed by atoms with E-state index in [0.717, 1.165) is 37.9 Å². The number of carboxylic acid groups (broad SMARTS) is 1. The molecule has 0 aliphatic carbocycles. The third kappa shape index (κ3) is 1.96. The zero-order chi connectivity index (χ0) is 14.1. The molecule has 3 rings (SSSR count). The number of hydrogen-bond acceptors (Lipinski definition) is 3. The van der Waals surface area contributed by atoms with E-state index in [9.17, 15) is 9.90 Å². The van der Waals surface area contributed by atoms with Gasteiger partial charge in [-0.2, -0.15) is 5.26 Å². The summed E-state index contributed by atoms with van der Waals surface area (Å²) in [4.78, 5) is 13.8. The number of para-hydroxylation sites is 1. The summed E-state index contributed by atoms with van der Waals surface area (Å²) in [5.41, 5.74) is 3.80. The molecule has 0 saturated carbocycles. The van der Waals surface area contributed by atoms with Gasteiger partial charge in [-0.25, -0.2) is 4.79 Å². The first-order valence-electron chi connectivity index (χ1n) is 6.92. The Balaban J connectivity index is 2.11. The van der Waals surface area contributed by atoms with Gasteiger partial charge in [0, 0.05) is 30.8 Å². The van der Waals surface area contributed by atoms with Gasteiger partial charge in [-0.15, -0.1) is 0 Å². The lowest BCUT2D eigenvalue weighted by molar-refractivity contribution is -0.133. The van der Waals surface area contributed by atoms with Crippen LogP contribution in [0.2, 0.25) is 0 Å². The van der Waals surface area contributed by atoms with E-state index in [-0.39, 0.29) is 11.5 Å². The van der Waals surface area contributed by atoms with Crippen molar-refractivity contribution in [2.45, 2.75) is 25.2 Å². The topological polar surface area (TPSA) is 64.3 Å². The maximum atomic E-state index is 11.4. The molecule has 4 heteroatoms. The van der Waals surface area contributed by atoms with Crippen molar-refractivity contribution >= 4 is 11.7 Å². The lowest BCUT2D eigenvalue weighted by Gasteiger charge is -2.40. The van der Waals surface area contributed by atoms with Gasteiger partial charge in [0.2, 0.25) is 0 Å². The molecule has 0 spiro atoms. The van der Waals surface area contributed by atoms with E-state index in [1.54, 1.807) is 0 Å².